The number of benzene rings is 2. The van der Waals surface area contributed by atoms with Crippen LogP contribution < -0.4 is 15.0 Å². The van der Waals surface area contributed by atoms with Gasteiger partial charge in [0.15, 0.2) is 5.60 Å². The first kappa shape index (κ1) is 21.7. The van der Waals surface area contributed by atoms with Crippen LogP contribution in [-0.2, 0) is 4.74 Å². The van der Waals surface area contributed by atoms with Crippen molar-refractivity contribution in [1.29, 1.82) is 0 Å². The lowest BCUT2D eigenvalue weighted by Gasteiger charge is -2.45. The van der Waals surface area contributed by atoms with Gasteiger partial charge in [-0.2, -0.15) is 0 Å². The van der Waals surface area contributed by atoms with E-state index in [2.05, 4.69) is 15.3 Å². The SMILES string of the molecule is COc1cc2ncnc(Nc3cccc(Cl)c3C)c2cc1N1CC2(CN(CCF)C2)OC1=O. The summed E-state index contributed by atoms with van der Waals surface area (Å²) in [5, 5.41) is 4.69. The van der Waals surface area contributed by atoms with E-state index in [0.717, 1.165) is 11.3 Å². The highest BCUT2D eigenvalue weighted by molar-refractivity contribution is 6.31. The average Bonchev–Trinajstić information content (AvgIpc) is 3.13. The van der Waals surface area contributed by atoms with Crippen molar-refractivity contribution in [3.05, 3.63) is 47.2 Å². The maximum Gasteiger partial charge on any atom is 0.415 e. The van der Waals surface area contributed by atoms with Crippen LogP contribution in [0.4, 0.5) is 26.4 Å². The van der Waals surface area contributed by atoms with Crippen LogP contribution in [0, 0.1) is 6.92 Å². The molecule has 8 nitrogen and oxygen atoms in total. The molecule has 33 heavy (non-hydrogen) atoms. The summed E-state index contributed by atoms with van der Waals surface area (Å²) < 4.78 is 23.9. The summed E-state index contributed by atoms with van der Waals surface area (Å²) in [4.78, 5) is 25.1. The van der Waals surface area contributed by atoms with E-state index in [1.807, 2.05) is 36.1 Å². The van der Waals surface area contributed by atoms with Gasteiger partial charge in [-0.15, -0.1) is 0 Å². The molecule has 0 aliphatic carbocycles. The van der Waals surface area contributed by atoms with Gasteiger partial charge in [-0.25, -0.2) is 19.2 Å². The number of alkyl halides is 1. The van der Waals surface area contributed by atoms with Gasteiger partial charge in [0.1, 0.15) is 24.6 Å². The average molecular weight is 472 g/mol. The number of fused-ring (bicyclic) bond motifs is 1. The minimum Gasteiger partial charge on any atom is -0.494 e. The van der Waals surface area contributed by atoms with E-state index in [0.29, 0.717) is 59.4 Å². The standard InChI is InChI=1S/C23H23ClFN5O3/c1-14-16(24)4-3-5-17(14)28-21-15-8-19(20(32-2)9-18(15)26-13-27-21)30-12-23(33-22(30)31)10-29(11-23)7-6-25/h3-5,8-9,13H,6-7,10-12H2,1-2H3,(H,26,27,28). The molecule has 1 amide bonds. The number of nitrogens with one attached hydrogen (secondary N) is 1. The number of carbonyl (C=O) groups is 1. The normalized spacial score (nSPS) is 17.3. The first-order chi connectivity index (χ1) is 15.9. The number of hydrogen-bond donors (Lipinski definition) is 1. The Morgan fingerprint density at radius 1 is 1.27 bits per heavy atom. The van der Waals surface area contributed by atoms with E-state index < -0.39 is 18.4 Å². The van der Waals surface area contributed by atoms with Crippen LogP contribution in [0.25, 0.3) is 10.9 Å². The van der Waals surface area contributed by atoms with Crippen molar-refractivity contribution in [3.63, 3.8) is 0 Å². The molecular weight excluding hydrogens is 449 g/mol. The summed E-state index contributed by atoms with van der Waals surface area (Å²) in [5.41, 5.74) is 2.32. The Morgan fingerprint density at radius 3 is 2.85 bits per heavy atom. The zero-order valence-electron chi connectivity index (χ0n) is 18.3. The number of hydrogen-bond acceptors (Lipinski definition) is 7. The molecule has 3 heterocycles. The van der Waals surface area contributed by atoms with Crippen molar-refractivity contribution in [2.45, 2.75) is 12.5 Å². The van der Waals surface area contributed by atoms with Crippen molar-refractivity contribution in [2.75, 3.05) is 50.2 Å². The number of amides is 1. The number of halogens is 2. The van der Waals surface area contributed by atoms with Crippen LogP contribution in [0.3, 0.4) is 0 Å². The third-order valence-electron chi connectivity index (χ3n) is 6.14. The highest BCUT2D eigenvalue weighted by Gasteiger charge is 2.54. The molecule has 2 aromatic carbocycles. The zero-order chi connectivity index (χ0) is 23.2. The Labute approximate surface area is 195 Å². The number of aromatic nitrogens is 2. The van der Waals surface area contributed by atoms with Gasteiger partial charge in [0, 0.05) is 41.8 Å². The molecule has 10 heteroatoms. The minimum atomic E-state index is -0.627. The summed E-state index contributed by atoms with van der Waals surface area (Å²) >= 11 is 6.27. The maximum atomic E-state index is 12.8. The van der Waals surface area contributed by atoms with E-state index in [1.54, 1.807) is 18.1 Å². The second-order valence-electron chi connectivity index (χ2n) is 8.34. The van der Waals surface area contributed by atoms with Crippen molar-refractivity contribution >= 4 is 45.8 Å². The predicted molar refractivity (Wildman–Crippen MR) is 125 cm³/mol. The highest BCUT2D eigenvalue weighted by Crippen LogP contribution is 2.41. The van der Waals surface area contributed by atoms with Gasteiger partial charge >= 0.3 is 6.09 Å². The molecule has 0 unspecified atom stereocenters. The second-order valence-corrected chi connectivity index (χ2v) is 8.74. The summed E-state index contributed by atoms with van der Waals surface area (Å²) in [5.74, 6) is 1.08. The fourth-order valence-corrected chi connectivity index (χ4v) is 4.61. The highest BCUT2D eigenvalue weighted by atomic mass is 35.5. The lowest BCUT2D eigenvalue weighted by molar-refractivity contribution is -0.0736. The van der Waals surface area contributed by atoms with E-state index in [9.17, 15) is 9.18 Å². The van der Waals surface area contributed by atoms with E-state index in [1.165, 1.54) is 6.33 Å². The van der Waals surface area contributed by atoms with E-state index in [4.69, 9.17) is 21.1 Å². The largest absolute Gasteiger partial charge is 0.494 e. The van der Waals surface area contributed by atoms with Crippen LogP contribution >= 0.6 is 11.6 Å². The Hall–Kier alpha value is -3.17. The van der Waals surface area contributed by atoms with Gasteiger partial charge in [-0.05, 0) is 30.7 Å². The third kappa shape index (κ3) is 3.81. The zero-order valence-corrected chi connectivity index (χ0v) is 19.0. The van der Waals surface area contributed by atoms with Gasteiger partial charge in [0.05, 0.1) is 24.9 Å². The lowest BCUT2D eigenvalue weighted by Crippen LogP contribution is -2.64. The van der Waals surface area contributed by atoms with E-state index >= 15 is 0 Å². The number of carbonyl (C=O) groups excluding carboxylic acids is 1. The molecular formula is C23H23ClFN5O3. The Balaban J connectivity index is 1.51. The Bertz CT molecular complexity index is 1230. The first-order valence-electron chi connectivity index (χ1n) is 10.6. The molecule has 2 saturated heterocycles. The van der Waals surface area contributed by atoms with Crippen molar-refractivity contribution in [3.8, 4) is 5.75 Å². The van der Waals surface area contributed by atoms with Crippen LogP contribution in [-0.4, -0.2) is 66.5 Å². The molecule has 0 saturated carbocycles. The van der Waals surface area contributed by atoms with E-state index in [-0.39, 0.29) is 0 Å². The second kappa shape index (κ2) is 8.31. The summed E-state index contributed by atoms with van der Waals surface area (Å²) in [6.07, 6.45) is 1.01. The number of rotatable bonds is 6. The molecule has 0 radical (unpaired) electrons. The number of nitrogens with zero attached hydrogens (tertiary/aromatic N) is 4. The van der Waals surface area contributed by atoms with Crippen LogP contribution in [0.2, 0.25) is 5.02 Å². The topological polar surface area (TPSA) is 79.8 Å². The quantitative estimate of drug-likeness (QED) is 0.573. The molecule has 2 aliphatic heterocycles. The smallest absolute Gasteiger partial charge is 0.415 e. The minimum absolute atomic E-state index is 0.341. The summed E-state index contributed by atoms with van der Waals surface area (Å²) in [7, 11) is 1.55. The van der Waals surface area contributed by atoms with Gasteiger partial charge in [0.2, 0.25) is 0 Å². The van der Waals surface area contributed by atoms with Crippen LogP contribution in [0.5, 0.6) is 5.75 Å². The fraction of sp³-hybridized carbons (Fsp3) is 0.348. The molecule has 0 bridgehead atoms. The van der Waals surface area contributed by atoms with Crippen molar-refractivity contribution in [1.82, 2.24) is 14.9 Å². The molecule has 0 atom stereocenters. The van der Waals surface area contributed by atoms with Crippen LogP contribution in [0.15, 0.2) is 36.7 Å². The molecule has 2 aliphatic rings. The number of anilines is 3. The third-order valence-corrected chi connectivity index (χ3v) is 6.55. The van der Waals surface area contributed by atoms with Gasteiger partial charge in [-0.1, -0.05) is 17.7 Å². The van der Waals surface area contributed by atoms with Gasteiger partial charge in [-0.3, -0.25) is 9.80 Å². The van der Waals surface area contributed by atoms with Crippen LogP contribution in [0.1, 0.15) is 5.56 Å². The van der Waals surface area contributed by atoms with Gasteiger partial charge in [0.25, 0.3) is 0 Å². The monoisotopic (exact) mass is 471 g/mol. The summed E-state index contributed by atoms with van der Waals surface area (Å²) in [6, 6.07) is 9.21. The molecule has 172 valence electrons. The predicted octanol–water partition coefficient (Wildman–Crippen LogP) is 4.32. The molecule has 3 aromatic rings. The first-order valence-corrected chi connectivity index (χ1v) is 10.9. The Morgan fingerprint density at radius 2 is 2.09 bits per heavy atom. The molecule has 2 fully saturated rings. The lowest BCUT2D eigenvalue weighted by atomic mass is 9.94. The summed E-state index contributed by atoms with van der Waals surface area (Å²) in [6.45, 7) is 3.23. The fourth-order valence-electron chi connectivity index (χ4n) is 4.44. The van der Waals surface area contributed by atoms with Crippen molar-refractivity contribution in [2.24, 2.45) is 0 Å². The molecule has 1 N–H and O–H groups in total. The molecule has 1 spiro atoms. The molecule has 5 rings (SSSR count). The number of ether oxygens (including phenoxy) is 2. The number of methoxy groups -OCH3 is 1. The van der Waals surface area contributed by atoms with Gasteiger partial charge < -0.3 is 14.8 Å². The number of likely N-dealkylation sites (tertiary alicyclic amines) is 1. The Kier molecular flexibility index (Phi) is 5.46. The molecule has 1 aromatic heterocycles. The van der Waals surface area contributed by atoms with Crippen molar-refractivity contribution < 1.29 is 18.7 Å². The maximum absolute atomic E-state index is 12.8.